The predicted molar refractivity (Wildman–Crippen MR) is 139 cm³/mol. The summed E-state index contributed by atoms with van der Waals surface area (Å²) in [6.45, 7) is 1.44. The molecule has 0 spiro atoms. The molecule has 168 valence electrons. The standard InChI is InChI=1S/C28H24N4OS/c33-26(13-12-22-8-5-19-34-22)31-17-14-21(15-18-31)32-27(30-25-11-4-16-29-28(25)32)24-10-3-7-20-6-1-2-9-23(20)24/h1-13,16,19,21H,14-15,17-18H2/b13-12+. The van der Waals surface area contributed by atoms with Crippen LogP contribution < -0.4 is 0 Å². The quantitative estimate of drug-likeness (QED) is 0.298. The van der Waals surface area contributed by atoms with E-state index in [9.17, 15) is 4.79 Å². The summed E-state index contributed by atoms with van der Waals surface area (Å²) >= 11 is 1.64. The van der Waals surface area contributed by atoms with Gasteiger partial charge in [0.25, 0.3) is 0 Å². The van der Waals surface area contributed by atoms with Crippen molar-refractivity contribution in [2.75, 3.05) is 13.1 Å². The zero-order valence-electron chi connectivity index (χ0n) is 18.7. The van der Waals surface area contributed by atoms with Crippen LogP contribution in [0.5, 0.6) is 0 Å². The second kappa shape index (κ2) is 8.88. The van der Waals surface area contributed by atoms with Crippen LogP contribution >= 0.6 is 11.3 Å². The smallest absolute Gasteiger partial charge is 0.246 e. The van der Waals surface area contributed by atoms with Crippen molar-refractivity contribution in [3.63, 3.8) is 0 Å². The normalized spacial score (nSPS) is 15.0. The molecule has 1 amide bonds. The highest BCUT2D eigenvalue weighted by Gasteiger charge is 2.27. The zero-order chi connectivity index (χ0) is 22.9. The van der Waals surface area contributed by atoms with Gasteiger partial charge in [-0.3, -0.25) is 4.79 Å². The summed E-state index contributed by atoms with van der Waals surface area (Å²) in [5.41, 5.74) is 2.93. The van der Waals surface area contributed by atoms with E-state index in [0.717, 1.165) is 53.4 Å². The van der Waals surface area contributed by atoms with Crippen LogP contribution in [0.2, 0.25) is 0 Å². The van der Waals surface area contributed by atoms with Crippen LogP contribution in [0.3, 0.4) is 0 Å². The molecule has 1 aliphatic rings. The van der Waals surface area contributed by atoms with Gasteiger partial charge in [0.1, 0.15) is 11.3 Å². The number of imidazole rings is 1. The largest absolute Gasteiger partial charge is 0.339 e. The minimum Gasteiger partial charge on any atom is -0.339 e. The van der Waals surface area contributed by atoms with Crippen LogP contribution in [0.15, 0.2) is 84.4 Å². The van der Waals surface area contributed by atoms with E-state index in [1.54, 1.807) is 17.4 Å². The number of amides is 1. The van der Waals surface area contributed by atoms with E-state index in [1.807, 2.05) is 46.8 Å². The van der Waals surface area contributed by atoms with E-state index in [2.05, 4.69) is 47.0 Å². The second-order valence-electron chi connectivity index (χ2n) is 8.58. The Hall–Kier alpha value is -3.77. The number of rotatable bonds is 4. The maximum absolute atomic E-state index is 12.7. The lowest BCUT2D eigenvalue weighted by Crippen LogP contribution is -2.38. The summed E-state index contributed by atoms with van der Waals surface area (Å²) in [7, 11) is 0. The van der Waals surface area contributed by atoms with Crippen LogP contribution in [0.25, 0.3) is 39.4 Å². The Balaban J connectivity index is 1.32. The van der Waals surface area contributed by atoms with Gasteiger partial charge < -0.3 is 9.47 Å². The van der Waals surface area contributed by atoms with Gasteiger partial charge in [-0.25, -0.2) is 9.97 Å². The monoisotopic (exact) mass is 464 g/mol. The molecule has 1 fully saturated rings. The van der Waals surface area contributed by atoms with E-state index in [0.29, 0.717) is 0 Å². The first-order valence-corrected chi connectivity index (χ1v) is 12.5. The Morgan fingerprint density at radius 3 is 2.68 bits per heavy atom. The number of likely N-dealkylation sites (tertiary alicyclic amines) is 1. The third-order valence-electron chi connectivity index (χ3n) is 6.55. The van der Waals surface area contributed by atoms with E-state index in [-0.39, 0.29) is 11.9 Å². The SMILES string of the molecule is O=C(/C=C/c1cccs1)N1CCC(n2c(-c3cccc4ccccc34)nc3cccnc32)CC1. The number of thiophene rings is 1. The average Bonchev–Trinajstić information content (AvgIpc) is 3.55. The molecule has 6 rings (SSSR count). The van der Waals surface area contributed by atoms with Crippen molar-refractivity contribution < 1.29 is 4.79 Å². The Morgan fingerprint density at radius 1 is 0.971 bits per heavy atom. The number of hydrogen-bond acceptors (Lipinski definition) is 4. The molecule has 0 saturated carbocycles. The van der Waals surface area contributed by atoms with Gasteiger partial charge in [0, 0.05) is 41.8 Å². The van der Waals surface area contributed by atoms with Crippen LogP contribution in [0, 0.1) is 0 Å². The van der Waals surface area contributed by atoms with Gasteiger partial charge in [0.15, 0.2) is 5.65 Å². The molecule has 3 aromatic heterocycles. The summed E-state index contributed by atoms with van der Waals surface area (Å²) in [6.07, 6.45) is 7.19. The summed E-state index contributed by atoms with van der Waals surface area (Å²) in [6, 6.07) is 23.0. The fourth-order valence-electron chi connectivity index (χ4n) is 4.88. The fraction of sp³-hybridized carbons (Fsp3) is 0.179. The lowest BCUT2D eigenvalue weighted by Gasteiger charge is -2.33. The highest BCUT2D eigenvalue weighted by atomic mass is 32.1. The number of carbonyl (C=O) groups is 1. The third-order valence-corrected chi connectivity index (χ3v) is 7.39. The number of benzene rings is 2. The molecule has 0 atom stereocenters. The van der Waals surface area contributed by atoms with Gasteiger partial charge >= 0.3 is 0 Å². The predicted octanol–water partition coefficient (Wildman–Crippen LogP) is 6.19. The molecule has 4 heterocycles. The lowest BCUT2D eigenvalue weighted by molar-refractivity contribution is -0.127. The molecule has 0 bridgehead atoms. The van der Waals surface area contributed by atoms with Crippen LogP contribution in [0.4, 0.5) is 0 Å². The van der Waals surface area contributed by atoms with Crippen molar-refractivity contribution >= 4 is 45.3 Å². The molecule has 0 radical (unpaired) electrons. The Kier molecular flexibility index (Phi) is 5.43. The van der Waals surface area contributed by atoms with Crippen molar-refractivity contribution in [1.29, 1.82) is 0 Å². The number of nitrogens with zero attached hydrogens (tertiary/aromatic N) is 4. The first-order valence-electron chi connectivity index (χ1n) is 11.6. The molecular formula is C28H24N4OS. The van der Waals surface area contributed by atoms with E-state index in [4.69, 9.17) is 9.97 Å². The number of carbonyl (C=O) groups excluding carboxylic acids is 1. The molecular weight excluding hydrogens is 440 g/mol. The first-order chi connectivity index (χ1) is 16.8. The summed E-state index contributed by atoms with van der Waals surface area (Å²) in [4.78, 5) is 25.5. The van der Waals surface area contributed by atoms with Gasteiger partial charge in [-0.05, 0) is 53.3 Å². The topological polar surface area (TPSA) is 51.0 Å². The number of fused-ring (bicyclic) bond motifs is 2. The minimum atomic E-state index is 0.0785. The Bertz CT molecular complexity index is 1490. The van der Waals surface area contributed by atoms with Crippen molar-refractivity contribution in [3.05, 3.63) is 89.3 Å². The minimum absolute atomic E-state index is 0.0785. The number of pyridine rings is 1. The van der Waals surface area contributed by atoms with E-state index in [1.165, 1.54) is 10.8 Å². The Labute approximate surface area is 202 Å². The molecule has 5 aromatic rings. The number of hydrogen-bond donors (Lipinski definition) is 0. The number of aromatic nitrogens is 3. The van der Waals surface area contributed by atoms with Gasteiger partial charge in [-0.1, -0.05) is 48.5 Å². The van der Waals surface area contributed by atoms with Crippen LogP contribution in [0.1, 0.15) is 23.8 Å². The molecule has 0 unspecified atom stereocenters. The molecule has 0 N–H and O–H groups in total. The van der Waals surface area contributed by atoms with Crippen molar-refractivity contribution in [2.24, 2.45) is 0 Å². The molecule has 2 aromatic carbocycles. The molecule has 1 saturated heterocycles. The van der Waals surface area contributed by atoms with Crippen molar-refractivity contribution in [2.45, 2.75) is 18.9 Å². The lowest BCUT2D eigenvalue weighted by atomic mass is 10.0. The molecule has 5 nitrogen and oxygen atoms in total. The van der Waals surface area contributed by atoms with E-state index < -0.39 is 0 Å². The maximum Gasteiger partial charge on any atom is 0.246 e. The van der Waals surface area contributed by atoms with Crippen LogP contribution in [-0.2, 0) is 4.79 Å². The highest BCUT2D eigenvalue weighted by Crippen LogP contribution is 2.35. The van der Waals surface area contributed by atoms with Gasteiger partial charge in [0.05, 0.1) is 0 Å². The maximum atomic E-state index is 12.7. The summed E-state index contributed by atoms with van der Waals surface area (Å²) in [5.74, 6) is 1.03. The van der Waals surface area contributed by atoms with Gasteiger partial charge in [-0.2, -0.15) is 0 Å². The summed E-state index contributed by atoms with van der Waals surface area (Å²) < 4.78 is 2.31. The number of piperidine rings is 1. The van der Waals surface area contributed by atoms with Crippen LogP contribution in [-0.4, -0.2) is 38.4 Å². The zero-order valence-corrected chi connectivity index (χ0v) is 19.5. The van der Waals surface area contributed by atoms with Gasteiger partial charge in [0.2, 0.25) is 5.91 Å². The first kappa shape index (κ1) is 20.8. The summed E-state index contributed by atoms with van der Waals surface area (Å²) in [5, 5.41) is 4.41. The second-order valence-corrected chi connectivity index (χ2v) is 9.56. The molecule has 0 aliphatic carbocycles. The van der Waals surface area contributed by atoms with Gasteiger partial charge in [-0.15, -0.1) is 11.3 Å². The average molecular weight is 465 g/mol. The molecule has 6 heteroatoms. The Morgan fingerprint density at radius 2 is 1.82 bits per heavy atom. The highest BCUT2D eigenvalue weighted by molar-refractivity contribution is 7.10. The molecule has 1 aliphatic heterocycles. The third kappa shape index (κ3) is 3.80. The van der Waals surface area contributed by atoms with E-state index >= 15 is 0 Å². The molecule has 34 heavy (non-hydrogen) atoms. The van der Waals surface area contributed by atoms with Crippen molar-refractivity contribution in [1.82, 2.24) is 19.4 Å². The van der Waals surface area contributed by atoms with Crippen molar-refractivity contribution in [3.8, 4) is 11.4 Å². The fourth-order valence-corrected chi connectivity index (χ4v) is 5.49.